The van der Waals surface area contributed by atoms with E-state index in [4.69, 9.17) is 0 Å². The predicted octanol–water partition coefficient (Wildman–Crippen LogP) is 0.0694. The average Bonchev–Trinajstić information content (AvgIpc) is 2.29. The first-order chi connectivity index (χ1) is 7.70. The number of hydrogen-bond donors (Lipinski definition) is 3. The first kappa shape index (κ1) is 10.1. The van der Waals surface area contributed by atoms with Crippen LogP contribution in [0, 0.1) is 0 Å². The summed E-state index contributed by atoms with van der Waals surface area (Å²) < 4.78 is 0. The van der Waals surface area contributed by atoms with Gasteiger partial charge in [-0.25, -0.2) is 9.78 Å². The third-order valence-corrected chi connectivity index (χ3v) is 1.96. The summed E-state index contributed by atoms with van der Waals surface area (Å²) in [5.74, 6) is 0.133. The van der Waals surface area contributed by atoms with Crippen LogP contribution >= 0.6 is 0 Å². The van der Waals surface area contributed by atoms with Gasteiger partial charge < -0.3 is 10.3 Å². The molecule has 2 heterocycles. The van der Waals surface area contributed by atoms with Gasteiger partial charge in [0, 0.05) is 25.5 Å². The van der Waals surface area contributed by atoms with E-state index in [2.05, 4.69) is 25.6 Å². The van der Waals surface area contributed by atoms with Crippen LogP contribution in [0.1, 0.15) is 0 Å². The number of anilines is 1. The van der Waals surface area contributed by atoms with Crippen molar-refractivity contribution in [3.8, 4) is 0 Å². The normalized spacial score (nSPS) is 10.1. The molecule has 3 N–H and O–H groups in total. The molecule has 0 fully saturated rings. The molecule has 0 atom stereocenters. The summed E-state index contributed by atoms with van der Waals surface area (Å²) in [6.07, 6.45) is 2.85. The van der Waals surface area contributed by atoms with Crippen molar-refractivity contribution in [3.63, 3.8) is 0 Å². The van der Waals surface area contributed by atoms with Crippen LogP contribution in [0.5, 0.6) is 0 Å². The van der Waals surface area contributed by atoms with E-state index in [1.54, 1.807) is 0 Å². The lowest BCUT2D eigenvalue weighted by atomic mass is 10.3. The van der Waals surface area contributed by atoms with E-state index in [0.29, 0.717) is 11.0 Å². The van der Waals surface area contributed by atoms with Crippen molar-refractivity contribution in [1.29, 1.82) is 0 Å². The Labute approximate surface area is 89.9 Å². The Hall–Kier alpha value is -2.44. The van der Waals surface area contributed by atoms with Gasteiger partial charge in [0.1, 0.15) is 5.65 Å². The minimum atomic E-state index is -0.419. The van der Waals surface area contributed by atoms with Gasteiger partial charge in [-0.2, -0.15) is 4.98 Å². The molecule has 2 amide bonds. The topological polar surface area (TPSA) is 99.8 Å². The molecule has 0 saturated carbocycles. The predicted molar refractivity (Wildman–Crippen MR) is 58.2 cm³/mol. The smallest absolute Gasteiger partial charge is 0.321 e. The van der Waals surface area contributed by atoms with Crippen LogP contribution in [0.2, 0.25) is 0 Å². The number of amides is 2. The standard InChI is InChI=1S/C9H9N5O2/c1-10-9(16)14-8-12-4-5-6(15)2-3-11-7(5)13-8/h2-4H,1H3,(H3,10,11,12,13,14,15,16). The van der Waals surface area contributed by atoms with E-state index < -0.39 is 6.03 Å². The van der Waals surface area contributed by atoms with Gasteiger partial charge >= 0.3 is 6.03 Å². The van der Waals surface area contributed by atoms with Gasteiger partial charge in [-0.3, -0.25) is 10.1 Å². The number of urea groups is 1. The molecule has 0 bridgehead atoms. The Balaban J connectivity index is 2.45. The molecule has 7 nitrogen and oxygen atoms in total. The van der Waals surface area contributed by atoms with Crippen molar-refractivity contribution < 1.29 is 4.79 Å². The molecule has 0 radical (unpaired) electrons. The molecule has 16 heavy (non-hydrogen) atoms. The Kier molecular flexibility index (Phi) is 2.50. The molecule has 0 aliphatic rings. The third kappa shape index (κ3) is 1.83. The zero-order chi connectivity index (χ0) is 11.5. The number of rotatable bonds is 1. The van der Waals surface area contributed by atoms with Gasteiger partial charge in [0.25, 0.3) is 0 Å². The highest BCUT2D eigenvalue weighted by Crippen LogP contribution is 2.04. The number of hydrogen-bond acceptors (Lipinski definition) is 4. The minimum absolute atomic E-state index is 0.133. The first-order valence-electron chi connectivity index (χ1n) is 4.54. The SMILES string of the molecule is CNC(=O)Nc1ncc2c(=O)cc[nH]c2n1. The Morgan fingerprint density at radius 1 is 1.50 bits per heavy atom. The third-order valence-electron chi connectivity index (χ3n) is 1.96. The molecule has 0 aliphatic heterocycles. The fraction of sp³-hybridized carbons (Fsp3) is 0.111. The molecule has 0 saturated heterocycles. The average molecular weight is 219 g/mol. The van der Waals surface area contributed by atoms with Crippen LogP contribution in [0.4, 0.5) is 10.7 Å². The number of H-pyrrole nitrogens is 1. The second-order valence-electron chi connectivity index (χ2n) is 3.00. The van der Waals surface area contributed by atoms with Crippen LogP contribution in [0.15, 0.2) is 23.3 Å². The molecule has 0 unspecified atom stereocenters. The van der Waals surface area contributed by atoms with Gasteiger partial charge in [0.15, 0.2) is 5.43 Å². The van der Waals surface area contributed by atoms with Gasteiger partial charge in [-0.15, -0.1) is 0 Å². The summed E-state index contributed by atoms with van der Waals surface area (Å²) >= 11 is 0. The number of pyridine rings is 1. The summed E-state index contributed by atoms with van der Waals surface area (Å²) in [6, 6.07) is 0.968. The van der Waals surface area contributed by atoms with Crippen molar-refractivity contribution in [1.82, 2.24) is 20.3 Å². The maximum atomic E-state index is 11.4. The van der Waals surface area contributed by atoms with Crippen LogP contribution < -0.4 is 16.1 Å². The van der Waals surface area contributed by atoms with Crippen LogP contribution in [0.25, 0.3) is 11.0 Å². The summed E-state index contributed by atoms with van der Waals surface area (Å²) in [5.41, 5.74) is 0.217. The fourth-order valence-electron chi connectivity index (χ4n) is 1.18. The van der Waals surface area contributed by atoms with E-state index in [0.717, 1.165) is 0 Å². The molecule has 2 aromatic rings. The molecule has 82 valence electrons. The van der Waals surface area contributed by atoms with Crippen molar-refractivity contribution in [2.75, 3.05) is 12.4 Å². The number of fused-ring (bicyclic) bond motifs is 1. The maximum absolute atomic E-state index is 11.4. The lowest BCUT2D eigenvalue weighted by molar-refractivity contribution is 0.254. The summed E-state index contributed by atoms with van der Waals surface area (Å²) in [4.78, 5) is 33.0. The highest BCUT2D eigenvalue weighted by Gasteiger charge is 2.04. The lowest BCUT2D eigenvalue weighted by Gasteiger charge is -2.02. The van der Waals surface area contributed by atoms with E-state index in [9.17, 15) is 9.59 Å². The van der Waals surface area contributed by atoms with E-state index in [-0.39, 0.29) is 11.4 Å². The molecular formula is C9H9N5O2. The number of nitrogens with zero attached hydrogens (tertiary/aromatic N) is 2. The van der Waals surface area contributed by atoms with Gasteiger partial charge in [0.2, 0.25) is 5.95 Å². The summed E-state index contributed by atoms with van der Waals surface area (Å²) in [5, 5.41) is 5.16. The summed E-state index contributed by atoms with van der Waals surface area (Å²) in [7, 11) is 1.48. The Morgan fingerprint density at radius 2 is 2.31 bits per heavy atom. The van der Waals surface area contributed by atoms with Gasteiger partial charge in [0.05, 0.1) is 5.39 Å². The molecular weight excluding hydrogens is 210 g/mol. The van der Waals surface area contributed by atoms with Gasteiger partial charge in [-0.05, 0) is 0 Å². The Bertz CT molecular complexity index is 592. The highest BCUT2D eigenvalue weighted by molar-refractivity contribution is 5.88. The molecule has 0 aromatic carbocycles. The number of aromatic nitrogens is 3. The molecule has 2 aromatic heterocycles. The molecule has 7 heteroatoms. The summed E-state index contributed by atoms with van der Waals surface area (Å²) in [6.45, 7) is 0. The van der Waals surface area contributed by atoms with Crippen molar-refractivity contribution >= 4 is 23.0 Å². The fourth-order valence-corrected chi connectivity index (χ4v) is 1.18. The van der Waals surface area contributed by atoms with E-state index >= 15 is 0 Å². The molecule has 0 spiro atoms. The van der Waals surface area contributed by atoms with Crippen LogP contribution in [-0.2, 0) is 0 Å². The monoisotopic (exact) mass is 219 g/mol. The lowest BCUT2D eigenvalue weighted by Crippen LogP contribution is -2.25. The zero-order valence-electron chi connectivity index (χ0n) is 8.44. The zero-order valence-corrected chi connectivity index (χ0v) is 8.44. The van der Waals surface area contributed by atoms with Crippen molar-refractivity contribution in [3.05, 3.63) is 28.7 Å². The van der Waals surface area contributed by atoms with E-state index in [1.165, 1.54) is 25.5 Å². The van der Waals surface area contributed by atoms with Crippen LogP contribution in [0.3, 0.4) is 0 Å². The number of carbonyl (C=O) groups is 1. The van der Waals surface area contributed by atoms with Gasteiger partial charge in [-0.1, -0.05) is 0 Å². The second-order valence-corrected chi connectivity index (χ2v) is 3.00. The number of aromatic amines is 1. The highest BCUT2D eigenvalue weighted by atomic mass is 16.2. The Morgan fingerprint density at radius 3 is 3.06 bits per heavy atom. The number of carbonyl (C=O) groups excluding carboxylic acids is 1. The largest absolute Gasteiger partial charge is 0.346 e. The van der Waals surface area contributed by atoms with Crippen molar-refractivity contribution in [2.45, 2.75) is 0 Å². The molecule has 2 rings (SSSR count). The maximum Gasteiger partial charge on any atom is 0.321 e. The quantitative estimate of drug-likeness (QED) is 0.631. The first-order valence-corrected chi connectivity index (χ1v) is 4.54. The van der Waals surface area contributed by atoms with Crippen molar-refractivity contribution in [2.24, 2.45) is 0 Å². The second kappa shape index (κ2) is 3.97. The minimum Gasteiger partial charge on any atom is -0.346 e. The van der Waals surface area contributed by atoms with Crippen LogP contribution in [-0.4, -0.2) is 28.0 Å². The molecule has 0 aliphatic carbocycles. The van der Waals surface area contributed by atoms with E-state index in [1.807, 2.05) is 0 Å². The number of nitrogens with one attached hydrogen (secondary N) is 3.